The van der Waals surface area contributed by atoms with Crippen molar-refractivity contribution in [2.75, 3.05) is 9.80 Å². The van der Waals surface area contributed by atoms with Gasteiger partial charge in [0.15, 0.2) is 0 Å². The molecule has 70 heavy (non-hydrogen) atoms. The molecule has 12 rings (SSSR count). The number of fused-ring (bicyclic) bond motifs is 2. The summed E-state index contributed by atoms with van der Waals surface area (Å²) in [5, 5.41) is 5.07. The molecule has 11 aromatic carbocycles. The molecule has 0 saturated carbocycles. The van der Waals surface area contributed by atoms with Gasteiger partial charge in [0.25, 0.3) is 0 Å². The lowest BCUT2D eigenvalue weighted by molar-refractivity contribution is 0.630. The highest BCUT2D eigenvalue weighted by atomic mass is 28.3. The van der Waals surface area contributed by atoms with Crippen LogP contribution in [0.3, 0.4) is 0 Å². The van der Waals surface area contributed by atoms with Gasteiger partial charge in [-0.3, -0.25) is 0 Å². The Bertz CT molecular complexity index is 3690. The number of para-hydroxylation sites is 3. The predicted molar refractivity (Wildman–Crippen MR) is 297 cm³/mol. The van der Waals surface area contributed by atoms with Crippen molar-refractivity contribution in [3.8, 4) is 55.6 Å². The first-order valence-electron chi connectivity index (χ1n) is 24.0. The van der Waals surface area contributed by atoms with Crippen molar-refractivity contribution < 1.29 is 4.39 Å². The van der Waals surface area contributed by atoms with Crippen LogP contribution >= 0.6 is 0 Å². The van der Waals surface area contributed by atoms with Gasteiger partial charge in [-0.1, -0.05) is 219 Å². The van der Waals surface area contributed by atoms with Crippen LogP contribution in [-0.4, -0.2) is 8.07 Å². The fourth-order valence-corrected chi connectivity index (χ4v) is 13.9. The Kier molecular flexibility index (Phi) is 10.9. The molecule has 0 aromatic heterocycles. The molecular formula is C66H49FN2Si. The third-order valence-electron chi connectivity index (χ3n) is 14.1. The van der Waals surface area contributed by atoms with Gasteiger partial charge < -0.3 is 9.80 Å². The Morgan fingerprint density at radius 2 is 0.814 bits per heavy atom. The molecule has 0 unspecified atom stereocenters. The molecule has 0 aliphatic carbocycles. The van der Waals surface area contributed by atoms with Crippen LogP contribution in [0, 0.1) is 5.82 Å². The van der Waals surface area contributed by atoms with Crippen LogP contribution in [0.5, 0.6) is 0 Å². The zero-order valence-electron chi connectivity index (χ0n) is 39.1. The lowest BCUT2D eigenvalue weighted by Crippen LogP contribution is -2.56. The highest BCUT2D eigenvalue weighted by Crippen LogP contribution is 2.51. The maximum atomic E-state index is 18.0. The molecule has 4 heteroatoms. The molecule has 0 fully saturated rings. The Labute approximate surface area is 410 Å². The van der Waals surface area contributed by atoms with Gasteiger partial charge in [-0.15, -0.1) is 0 Å². The molecule has 0 bridgehead atoms. The topological polar surface area (TPSA) is 6.48 Å². The van der Waals surface area contributed by atoms with Gasteiger partial charge in [-0.05, 0) is 109 Å². The van der Waals surface area contributed by atoms with Crippen LogP contribution in [0.25, 0.3) is 66.4 Å². The van der Waals surface area contributed by atoms with E-state index in [0.717, 1.165) is 67.2 Å². The third-order valence-corrected chi connectivity index (χ3v) is 17.6. The molecule has 2 nitrogen and oxygen atoms in total. The molecule has 0 spiro atoms. The minimum absolute atomic E-state index is 0.298. The van der Waals surface area contributed by atoms with Crippen LogP contribution in [0.1, 0.15) is 0 Å². The van der Waals surface area contributed by atoms with Gasteiger partial charge in [0.05, 0.1) is 22.7 Å². The second-order valence-corrected chi connectivity index (χ2v) is 22.9. The Morgan fingerprint density at radius 1 is 0.314 bits per heavy atom. The predicted octanol–water partition coefficient (Wildman–Crippen LogP) is 17.4. The third kappa shape index (κ3) is 7.41. The monoisotopic (exact) mass is 916 g/mol. The van der Waals surface area contributed by atoms with E-state index in [1.54, 1.807) is 6.07 Å². The number of nitrogens with zero attached hydrogens (tertiary/aromatic N) is 2. The van der Waals surface area contributed by atoms with E-state index in [1.807, 2.05) is 54.6 Å². The molecule has 0 radical (unpaired) electrons. The molecule has 1 aliphatic rings. The summed E-state index contributed by atoms with van der Waals surface area (Å²) in [4.78, 5) is 4.61. The summed E-state index contributed by atoms with van der Waals surface area (Å²) in [6, 6.07) is 91.7. The van der Waals surface area contributed by atoms with Crippen molar-refractivity contribution >= 4 is 63.3 Å². The summed E-state index contributed by atoms with van der Waals surface area (Å²) < 4.78 is 18.0. The SMILES string of the molecule is C[Si]1(C)c2cc(N(c3ccccc3)c3ccccc3-c3ccccc3)ccc2-c2ccc(N(c3ccccc3-c3ccccc3)c3c(F)cc(-c4ccccc4)cc3-c3ccccc3)c3cccc1c23. The number of hydrogen-bond acceptors (Lipinski definition) is 2. The fourth-order valence-electron chi connectivity index (χ4n) is 10.8. The van der Waals surface area contributed by atoms with E-state index in [-0.39, 0.29) is 5.82 Å². The van der Waals surface area contributed by atoms with Gasteiger partial charge in [-0.25, -0.2) is 4.39 Å². The van der Waals surface area contributed by atoms with Gasteiger partial charge in [0.1, 0.15) is 13.9 Å². The fraction of sp³-hybridized carbons (Fsp3) is 0.0303. The van der Waals surface area contributed by atoms with Crippen LogP contribution in [-0.2, 0) is 0 Å². The summed E-state index contributed by atoms with van der Waals surface area (Å²) in [5.41, 5.74) is 16.1. The van der Waals surface area contributed by atoms with Crippen molar-refractivity contribution in [2.45, 2.75) is 13.1 Å². The van der Waals surface area contributed by atoms with Gasteiger partial charge >= 0.3 is 0 Å². The van der Waals surface area contributed by atoms with E-state index in [4.69, 9.17) is 0 Å². The first-order valence-corrected chi connectivity index (χ1v) is 27.0. The molecular weight excluding hydrogens is 868 g/mol. The Morgan fingerprint density at radius 3 is 1.41 bits per heavy atom. The Balaban J connectivity index is 1.09. The quantitative estimate of drug-likeness (QED) is 0.126. The normalized spacial score (nSPS) is 12.3. The smallest absolute Gasteiger partial charge is 0.148 e. The zero-order valence-corrected chi connectivity index (χ0v) is 40.1. The van der Waals surface area contributed by atoms with Crippen LogP contribution in [0.2, 0.25) is 13.1 Å². The first kappa shape index (κ1) is 42.8. The molecule has 1 aliphatic heterocycles. The summed E-state index contributed by atoms with van der Waals surface area (Å²) in [6.45, 7) is 4.98. The lowest BCUT2D eigenvalue weighted by atomic mass is 9.92. The molecule has 1 heterocycles. The van der Waals surface area contributed by atoms with E-state index >= 15 is 4.39 Å². The average molecular weight is 917 g/mol. The van der Waals surface area contributed by atoms with Crippen molar-refractivity contribution in [2.24, 2.45) is 0 Å². The van der Waals surface area contributed by atoms with Crippen molar-refractivity contribution in [1.82, 2.24) is 0 Å². The minimum atomic E-state index is -2.44. The number of anilines is 6. The van der Waals surface area contributed by atoms with Gasteiger partial charge in [0, 0.05) is 33.5 Å². The maximum absolute atomic E-state index is 18.0. The molecule has 11 aromatic rings. The first-order chi connectivity index (χ1) is 34.4. The summed E-state index contributed by atoms with van der Waals surface area (Å²) in [7, 11) is -2.44. The number of hydrogen-bond donors (Lipinski definition) is 0. The summed E-state index contributed by atoms with van der Waals surface area (Å²) in [5.74, 6) is -0.298. The van der Waals surface area contributed by atoms with E-state index < -0.39 is 8.07 Å². The molecule has 0 N–H and O–H groups in total. The van der Waals surface area contributed by atoms with Crippen LogP contribution in [0.15, 0.2) is 261 Å². The Hall–Kier alpha value is -8.57. The second-order valence-electron chi connectivity index (χ2n) is 18.6. The largest absolute Gasteiger partial charge is 0.310 e. The second kappa shape index (κ2) is 17.8. The minimum Gasteiger partial charge on any atom is -0.310 e. The molecule has 0 atom stereocenters. The maximum Gasteiger partial charge on any atom is 0.148 e. The van der Waals surface area contributed by atoms with Gasteiger partial charge in [-0.2, -0.15) is 0 Å². The number of benzene rings is 11. The highest BCUT2D eigenvalue weighted by Gasteiger charge is 2.37. The number of halogens is 1. The van der Waals surface area contributed by atoms with E-state index in [9.17, 15) is 0 Å². The summed E-state index contributed by atoms with van der Waals surface area (Å²) in [6.07, 6.45) is 0. The van der Waals surface area contributed by atoms with Crippen LogP contribution < -0.4 is 20.2 Å². The van der Waals surface area contributed by atoms with E-state index in [0.29, 0.717) is 5.69 Å². The summed E-state index contributed by atoms with van der Waals surface area (Å²) >= 11 is 0. The van der Waals surface area contributed by atoms with Gasteiger partial charge in [0.2, 0.25) is 0 Å². The van der Waals surface area contributed by atoms with Crippen molar-refractivity contribution in [1.29, 1.82) is 0 Å². The van der Waals surface area contributed by atoms with E-state index in [2.05, 4.69) is 223 Å². The average Bonchev–Trinajstić information content (AvgIpc) is 3.42. The van der Waals surface area contributed by atoms with E-state index in [1.165, 1.54) is 38.0 Å². The van der Waals surface area contributed by atoms with Crippen molar-refractivity contribution in [3.63, 3.8) is 0 Å². The van der Waals surface area contributed by atoms with Crippen LogP contribution in [0.4, 0.5) is 38.5 Å². The zero-order chi connectivity index (χ0) is 47.2. The highest BCUT2D eigenvalue weighted by molar-refractivity contribution is 7.03. The molecule has 0 amide bonds. The number of rotatable bonds is 10. The molecule has 334 valence electrons. The standard InChI is InChI=1S/C66H49FN2Si/c1-70(2)63-38-22-35-57-62(42-41-56(65(57)63)55-40-39-52(45-64(55)70)68(51-31-16-7-17-32-51)60-36-20-18-33-53(60)47-25-10-4-11-26-47)69(61-37-21-19-34-54(61)48-27-12-5-13-28-48)66-58(49-29-14-6-15-30-49)43-50(44-59(66)67)46-23-8-3-9-24-46/h3-45H,1-2H3. The van der Waals surface area contributed by atoms with Crippen molar-refractivity contribution in [3.05, 3.63) is 267 Å². The lowest BCUT2D eigenvalue weighted by Gasteiger charge is -2.37. The molecule has 0 saturated heterocycles.